The molecule has 1 aliphatic heterocycles. The van der Waals surface area contributed by atoms with E-state index in [0.717, 1.165) is 32.0 Å². The first kappa shape index (κ1) is 15.4. The van der Waals surface area contributed by atoms with Gasteiger partial charge in [-0.3, -0.25) is 9.59 Å². The largest absolute Gasteiger partial charge is 0.378 e. The number of benzene rings is 2. The number of ketones is 2. The maximum Gasteiger partial charge on any atom is 0.193 e. The highest BCUT2D eigenvalue weighted by Gasteiger charge is 2.13. The monoisotopic (exact) mass is 309 g/mol. The van der Waals surface area contributed by atoms with Crippen LogP contribution in [0, 0.1) is 0 Å². The average molecular weight is 309 g/mol. The van der Waals surface area contributed by atoms with Gasteiger partial charge in [-0.05, 0) is 31.2 Å². The second-order valence-corrected chi connectivity index (χ2v) is 5.61. The molecule has 2 aromatic rings. The van der Waals surface area contributed by atoms with Crippen LogP contribution in [0.25, 0.3) is 0 Å². The molecule has 0 atom stereocenters. The van der Waals surface area contributed by atoms with Crippen molar-refractivity contribution in [3.63, 3.8) is 0 Å². The minimum Gasteiger partial charge on any atom is -0.378 e. The highest BCUT2D eigenvalue weighted by atomic mass is 16.5. The Balaban J connectivity index is 1.75. The van der Waals surface area contributed by atoms with Gasteiger partial charge in [0.25, 0.3) is 0 Å². The minimum absolute atomic E-state index is 0.00105. The molecule has 1 aliphatic rings. The van der Waals surface area contributed by atoms with Gasteiger partial charge in [-0.2, -0.15) is 0 Å². The molecule has 0 spiro atoms. The van der Waals surface area contributed by atoms with Gasteiger partial charge in [0.2, 0.25) is 0 Å². The normalized spacial score (nSPS) is 14.6. The predicted molar refractivity (Wildman–Crippen MR) is 89.4 cm³/mol. The summed E-state index contributed by atoms with van der Waals surface area (Å²) in [6.07, 6.45) is 0. The number of ether oxygens (including phenoxy) is 1. The highest BCUT2D eigenvalue weighted by molar-refractivity contribution is 6.09. The van der Waals surface area contributed by atoms with E-state index in [1.54, 1.807) is 24.3 Å². The summed E-state index contributed by atoms with van der Waals surface area (Å²) in [7, 11) is 0. The first-order valence-electron chi connectivity index (χ1n) is 7.73. The Morgan fingerprint density at radius 2 is 1.30 bits per heavy atom. The average Bonchev–Trinajstić information content (AvgIpc) is 2.62. The van der Waals surface area contributed by atoms with E-state index in [1.165, 1.54) is 6.92 Å². The van der Waals surface area contributed by atoms with Gasteiger partial charge in [0.15, 0.2) is 11.6 Å². The highest BCUT2D eigenvalue weighted by Crippen LogP contribution is 2.19. The molecule has 0 unspecified atom stereocenters. The molecule has 0 N–H and O–H groups in total. The van der Waals surface area contributed by atoms with Crippen molar-refractivity contribution in [2.24, 2.45) is 0 Å². The first-order chi connectivity index (χ1) is 11.1. The van der Waals surface area contributed by atoms with E-state index >= 15 is 0 Å². The van der Waals surface area contributed by atoms with Gasteiger partial charge in [0, 0.05) is 35.5 Å². The molecule has 0 radical (unpaired) electrons. The Bertz CT molecular complexity index is 698. The second kappa shape index (κ2) is 6.75. The molecule has 0 amide bonds. The van der Waals surface area contributed by atoms with Crippen LogP contribution in [0.3, 0.4) is 0 Å². The lowest BCUT2D eigenvalue weighted by atomic mass is 10.0. The van der Waals surface area contributed by atoms with E-state index in [9.17, 15) is 9.59 Å². The van der Waals surface area contributed by atoms with Crippen molar-refractivity contribution in [1.29, 1.82) is 0 Å². The number of rotatable bonds is 4. The Hall–Kier alpha value is -2.46. The molecular formula is C19H19NO3. The van der Waals surface area contributed by atoms with E-state index in [1.807, 2.05) is 24.3 Å². The molecule has 1 fully saturated rings. The number of carbonyl (C=O) groups excluding carboxylic acids is 2. The predicted octanol–water partition coefficient (Wildman–Crippen LogP) is 2.96. The quantitative estimate of drug-likeness (QED) is 0.815. The van der Waals surface area contributed by atoms with Gasteiger partial charge in [0.1, 0.15) is 0 Å². The van der Waals surface area contributed by atoms with Crippen LogP contribution in [0.4, 0.5) is 5.69 Å². The van der Waals surface area contributed by atoms with E-state index in [4.69, 9.17) is 4.74 Å². The molecule has 4 nitrogen and oxygen atoms in total. The zero-order valence-corrected chi connectivity index (χ0v) is 13.1. The molecule has 0 aliphatic carbocycles. The van der Waals surface area contributed by atoms with Gasteiger partial charge in [-0.15, -0.1) is 0 Å². The van der Waals surface area contributed by atoms with Crippen LogP contribution in [-0.4, -0.2) is 37.9 Å². The van der Waals surface area contributed by atoms with Crippen molar-refractivity contribution in [1.82, 2.24) is 0 Å². The summed E-state index contributed by atoms with van der Waals surface area (Å²) in [6.45, 7) is 4.74. The maximum atomic E-state index is 12.5. The fraction of sp³-hybridized carbons (Fsp3) is 0.263. The van der Waals surface area contributed by atoms with Crippen molar-refractivity contribution in [2.75, 3.05) is 31.2 Å². The summed E-state index contributed by atoms with van der Waals surface area (Å²) in [6, 6.07) is 14.4. The molecule has 0 saturated carbocycles. The van der Waals surface area contributed by atoms with E-state index in [2.05, 4.69) is 4.90 Å². The third-order valence-electron chi connectivity index (χ3n) is 4.06. The summed E-state index contributed by atoms with van der Waals surface area (Å²) in [5.41, 5.74) is 2.97. The van der Waals surface area contributed by atoms with Crippen molar-refractivity contribution >= 4 is 17.3 Å². The lowest BCUT2D eigenvalue weighted by Crippen LogP contribution is -2.36. The summed E-state index contributed by atoms with van der Waals surface area (Å²) >= 11 is 0. The molecule has 23 heavy (non-hydrogen) atoms. The summed E-state index contributed by atoms with van der Waals surface area (Å²) in [4.78, 5) is 26.0. The number of carbonyl (C=O) groups is 2. The second-order valence-electron chi connectivity index (χ2n) is 5.61. The van der Waals surface area contributed by atoms with Crippen LogP contribution in [0.15, 0.2) is 48.5 Å². The number of hydrogen-bond donors (Lipinski definition) is 0. The Kier molecular flexibility index (Phi) is 4.53. The Morgan fingerprint density at radius 3 is 1.83 bits per heavy atom. The number of Topliss-reactive ketones (excluding diaryl/α,β-unsaturated/α-hetero) is 1. The molecule has 1 saturated heterocycles. The van der Waals surface area contributed by atoms with E-state index in [0.29, 0.717) is 16.7 Å². The molecule has 0 aromatic heterocycles. The van der Waals surface area contributed by atoms with Gasteiger partial charge in [-0.25, -0.2) is 0 Å². The lowest BCUT2D eigenvalue weighted by Gasteiger charge is -2.28. The molecule has 0 bridgehead atoms. The number of morpholine rings is 1. The minimum atomic E-state index is -0.0337. The zero-order chi connectivity index (χ0) is 16.2. The number of anilines is 1. The smallest absolute Gasteiger partial charge is 0.193 e. The summed E-state index contributed by atoms with van der Waals surface area (Å²) < 4.78 is 5.35. The third kappa shape index (κ3) is 3.48. The van der Waals surface area contributed by atoms with Crippen LogP contribution in [0.2, 0.25) is 0 Å². The van der Waals surface area contributed by atoms with Gasteiger partial charge in [0.05, 0.1) is 13.2 Å². The van der Waals surface area contributed by atoms with Gasteiger partial charge >= 0.3 is 0 Å². The van der Waals surface area contributed by atoms with Crippen molar-refractivity contribution < 1.29 is 14.3 Å². The standard InChI is InChI=1S/C19H19NO3/c1-14(21)15-2-4-16(5-3-15)19(22)17-6-8-18(9-7-17)20-10-12-23-13-11-20/h2-9H,10-13H2,1H3. The van der Waals surface area contributed by atoms with Crippen molar-refractivity contribution in [2.45, 2.75) is 6.92 Å². The summed E-state index contributed by atoms with van der Waals surface area (Å²) in [5, 5.41) is 0. The van der Waals surface area contributed by atoms with Gasteiger partial charge in [-0.1, -0.05) is 24.3 Å². The van der Waals surface area contributed by atoms with E-state index in [-0.39, 0.29) is 11.6 Å². The number of nitrogens with zero attached hydrogens (tertiary/aromatic N) is 1. The summed E-state index contributed by atoms with van der Waals surface area (Å²) in [5.74, 6) is -0.0347. The Morgan fingerprint density at radius 1 is 0.826 bits per heavy atom. The molecule has 2 aromatic carbocycles. The fourth-order valence-electron chi connectivity index (χ4n) is 2.67. The van der Waals surface area contributed by atoms with Crippen molar-refractivity contribution in [3.8, 4) is 0 Å². The van der Waals surface area contributed by atoms with Crippen LogP contribution >= 0.6 is 0 Å². The number of hydrogen-bond acceptors (Lipinski definition) is 4. The first-order valence-corrected chi connectivity index (χ1v) is 7.73. The van der Waals surface area contributed by atoms with E-state index < -0.39 is 0 Å². The topological polar surface area (TPSA) is 46.6 Å². The third-order valence-corrected chi connectivity index (χ3v) is 4.06. The van der Waals surface area contributed by atoms with Crippen LogP contribution in [0.1, 0.15) is 33.2 Å². The molecule has 1 heterocycles. The molecule has 3 rings (SSSR count). The maximum absolute atomic E-state index is 12.5. The molecule has 4 heteroatoms. The SMILES string of the molecule is CC(=O)c1ccc(C(=O)c2ccc(N3CCOCC3)cc2)cc1. The molecular weight excluding hydrogens is 290 g/mol. The van der Waals surface area contributed by atoms with Crippen LogP contribution < -0.4 is 4.90 Å². The van der Waals surface area contributed by atoms with Crippen LogP contribution in [-0.2, 0) is 4.74 Å². The fourth-order valence-corrected chi connectivity index (χ4v) is 2.67. The Labute approximate surface area is 135 Å². The lowest BCUT2D eigenvalue weighted by molar-refractivity contribution is 0.101. The van der Waals surface area contributed by atoms with Crippen LogP contribution in [0.5, 0.6) is 0 Å². The van der Waals surface area contributed by atoms with Crippen molar-refractivity contribution in [3.05, 3.63) is 65.2 Å². The zero-order valence-electron chi connectivity index (χ0n) is 13.1. The van der Waals surface area contributed by atoms with Gasteiger partial charge < -0.3 is 9.64 Å². The molecule has 118 valence electrons.